The Morgan fingerprint density at radius 3 is 2.45 bits per heavy atom. The van der Waals surface area contributed by atoms with Crippen LogP contribution < -0.4 is 5.32 Å². The molecule has 0 bridgehead atoms. The Labute approximate surface area is 136 Å². The summed E-state index contributed by atoms with van der Waals surface area (Å²) in [6.07, 6.45) is 0. The molecular weight excluding hydrogens is 386 g/mol. The zero-order chi connectivity index (χ0) is 14.5. The van der Waals surface area contributed by atoms with Crippen molar-refractivity contribution in [2.24, 2.45) is 0 Å². The first-order valence-electron chi connectivity index (χ1n) is 6.71. The van der Waals surface area contributed by atoms with Crippen LogP contribution in [0.2, 0.25) is 0 Å². The van der Waals surface area contributed by atoms with Gasteiger partial charge in [-0.25, -0.2) is 0 Å². The van der Waals surface area contributed by atoms with E-state index in [1.54, 1.807) is 4.90 Å². The van der Waals surface area contributed by atoms with Gasteiger partial charge in [-0.3, -0.25) is 9.69 Å². The fourth-order valence-electron chi connectivity index (χ4n) is 2.23. The molecule has 0 spiro atoms. The fourth-order valence-corrected chi connectivity index (χ4v) is 3.52. The summed E-state index contributed by atoms with van der Waals surface area (Å²) in [6.45, 7) is 5.88. The van der Waals surface area contributed by atoms with Crippen molar-refractivity contribution >= 4 is 37.8 Å². The number of amides is 1. The molecule has 1 aromatic rings. The normalized spacial score (nSPS) is 16.1. The lowest BCUT2D eigenvalue weighted by molar-refractivity contribution is 0.0774. The van der Waals surface area contributed by atoms with Gasteiger partial charge in [0.15, 0.2) is 0 Å². The summed E-state index contributed by atoms with van der Waals surface area (Å²) in [4.78, 5) is 16.5. The summed E-state index contributed by atoms with van der Waals surface area (Å²) in [5.41, 5.74) is 0.703. The van der Waals surface area contributed by atoms with Crippen molar-refractivity contribution in [2.75, 3.05) is 46.3 Å². The SMILES string of the molecule is CN(CCN1CCNCC1)C(=O)c1cc(Br)cc(Br)c1. The largest absolute Gasteiger partial charge is 0.340 e. The van der Waals surface area contributed by atoms with Crippen molar-refractivity contribution in [3.8, 4) is 0 Å². The number of nitrogens with one attached hydrogen (secondary N) is 1. The Balaban J connectivity index is 1.90. The van der Waals surface area contributed by atoms with Gasteiger partial charge in [-0.1, -0.05) is 31.9 Å². The van der Waals surface area contributed by atoms with Crippen LogP contribution in [-0.4, -0.2) is 62.0 Å². The van der Waals surface area contributed by atoms with Gasteiger partial charge in [-0.2, -0.15) is 0 Å². The van der Waals surface area contributed by atoms with E-state index in [-0.39, 0.29) is 5.91 Å². The number of hydrogen-bond acceptors (Lipinski definition) is 3. The molecule has 0 radical (unpaired) electrons. The summed E-state index contributed by atoms with van der Waals surface area (Å²) >= 11 is 6.83. The first-order valence-corrected chi connectivity index (χ1v) is 8.29. The second-order valence-corrected chi connectivity index (χ2v) is 6.81. The minimum absolute atomic E-state index is 0.0575. The van der Waals surface area contributed by atoms with Crippen LogP contribution in [0.25, 0.3) is 0 Å². The molecule has 110 valence electrons. The van der Waals surface area contributed by atoms with E-state index in [2.05, 4.69) is 42.1 Å². The Hall–Kier alpha value is -0.430. The molecular formula is C14H19Br2N3O. The first-order chi connectivity index (χ1) is 9.56. The van der Waals surface area contributed by atoms with E-state index in [0.717, 1.165) is 48.2 Å². The summed E-state index contributed by atoms with van der Waals surface area (Å²) in [5.74, 6) is 0.0575. The molecule has 0 saturated carbocycles. The van der Waals surface area contributed by atoms with E-state index in [4.69, 9.17) is 0 Å². The number of benzene rings is 1. The van der Waals surface area contributed by atoms with Gasteiger partial charge in [0.05, 0.1) is 0 Å². The first kappa shape index (κ1) is 15.9. The van der Waals surface area contributed by atoms with Crippen LogP contribution in [0.15, 0.2) is 27.1 Å². The number of nitrogens with zero attached hydrogens (tertiary/aromatic N) is 2. The van der Waals surface area contributed by atoms with E-state index in [9.17, 15) is 4.79 Å². The average Bonchev–Trinajstić information content (AvgIpc) is 2.44. The van der Waals surface area contributed by atoms with E-state index < -0.39 is 0 Å². The minimum Gasteiger partial charge on any atom is -0.340 e. The molecule has 2 rings (SSSR count). The van der Waals surface area contributed by atoms with Crippen molar-refractivity contribution in [2.45, 2.75) is 0 Å². The van der Waals surface area contributed by atoms with E-state index in [1.807, 2.05) is 25.2 Å². The summed E-state index contributed by atoms with van der Waals surface area (Å²) in [7, 11) is 1.86. The van der Waals surface area contributed by atoms with E-state index in [0.29, 0.717) is 5.56 Å². The number of piperazine rings is 1. The van der Waals surface area contributed by atoms with Crippen LogP contribution in [0.3, 0.4) is 0 Å². The van der Waals surface area contributed by atoms with Crippen LogP contribution in [0.1, 0.15) is 10.4 Å². The molecule has 1 amide bonds. The average molecular weight is 405 g/mol. The maximum Gasteiger partial charge on any atom is 0.253 e. The topological polar surface area (TPSA) is 35.6 Å². The third kappa shape index (κ3) is 4.55. The third-order valence-corrected chi connectivity index (χ3v) is 4.33. The zero-order valence-electron chi connectivity index (χ0n) is 11.5. The zero-order valence-corrected chi connectivity index (χ0v) is 14.7. The lowest BCUT2D eigenvalue weighted by atomic mass is 10.2. The molecule has 1 aromatic carbocycles. The molecule has 0 unspecified atom stereocenters. The molecule has 1 aliphatic rings. The maximum atomic E-state index is 12.4. The van der Waals surface area contributed by atoms with Crippen molar-refractivity contribution in [3.63, 3.8) is 0 Å². The van der Waals surface area contributed by atoms with Crippen molar-refractivity contribution in [1.29, 1.82) is 0 Å². The van der Waals surface area contributed by atoms with Gasteiger partial charge in [0.2, 0.25) is 0 Å². The highest BCUT2D eigenvalue weighted by Crippen LogP contribution is 2.20. The number of likely N-dealkylation sites (N-methyl/N-ethyl adjacent to an activating group) is 1. The number of rotatable bonds is 4. The molecule has 1 aliphatic heterocycles. The molecule has 1 saturated heterocycles. The third-order valence-electron chi connectivity index (χ3n) is 3.42. The molecule has 1 N–H and O–H groups in total. The molecule has 20 heavy (non-hydrogen) atoms. The van der Waals surface area contributed by atoms with Crippen molar-refractivity contribution in [1.82, 2.24) is 15.1 Å². The van der Waals surface area contributed by atoms with Gasteiger partial charge in [-0.15, -0.1) is 0 Å². The van der Waals surface area contributed by atoms with Crippen LogP contribution >= 0.6 is 31.9 Å². The van der Waals surface area contributed by atoms with Gasteiger partial charge in [0.1, 0.15) is 0 Å². The van der Waals surface area contributed by atoms with Crippen LogP contribution in [0, 0.1) is 0 Å². The minimum atomic E-state index is 0.0575. The van der Waals surface area contributed by atoms with Crippen molar-refractivity contribution < 1.29 is 4.79 Å². The summed E-state index contributed by atoms with van der Waals surface area (Å²) in [6, 6.07) is 5.64. The quantitative estimate of drug-likeness (QED) is 0.835. The summed E-state index contributed by atoms with van der Waals surface area (Å²) < 4.78 is 1.82. The number of hydrogen-bond donors (Lipinski definition) is 1. The predicted molar refractivity (Wildman–Crippen MR) is 88.1 cm³/mol. The molecule has 4 nitrogen and oxygen atoms in total. The predicted octanol–water partition coefficient (Wildman–Crippen LogP) is 2.19. The van der Waals surface area contributed by atoms with Gasteiger partial charge >= 0.3 is 0 Å². The van der Waals surface area contributed by atoms with Gasteiger partial charge in [0, 0.05) is 60.8 Å². The van der Waals surface area contributed by atoms with Gasteiger partial charge in [-0.05, 0) is 18.2 Å². The Bertz CT molecular complexity index is 455. The van der Waals surface area contributed by atoms with Gasteiger partial charge < -0.3 is 10.2 Å². The highest BCUT2D eigenvalue weighted by atomic mass is 79.9. The second kappa shape index (κ2) is 7.54. The van der Waals surface area contributed by atoms with Crippen LogP contribution in [0.4, 0.5) is 0 Å². The highest BCUT2D eigenvalue weighted by Gasteiger charge is 2.15. The second-order valence-electron chi connectivity index (χ2n) is 4.98. The lowest BCUT2D eigenvalue weighted by Crippen LogP contribution is -2.46. The standard InChI is InChI=1S/C14H19Br2N3O/c1-18(6-7-19-4-2-17-3-5-19)14(20)11-8-12(15)10-13(16)9-11/h8-10,17H,2-7H2,1H3. The van der Waals surface area contributed by atoms with Crippen molar-refractivity contribution in [3.05, 3.63) is 32.7 Å². The highest BCUT2D eigenvalue weighted by molar-refractivity contribution is 9.11. The van der Waals surface area contributed by atoms with Crippen LogP contribution in [0.5, 0.6) is 0 Å². The van der Waals surface area contributed by atoms with Gasteiger partial charge in [0.25, 0.3) is 5.91 Å². The fraction of sp³-hybridized carbons (Fsp3) is 0.500. The Morgan fingerprint density at radius 2 is 1.85 bits per heavy atom. The maximum absolute atomic E-state index is 12.4. The number of carbonyl (C=O) groups is 1. The molecule has 1 fully saturated rings. The number of halogens is 2. The summed E-state index contributed by atoms with van der Waals surface area (Å²) in [5, 5.41) is 3.33. The molecule has 1 heterocycles. The molecule has 0 aliphatic carbocycles. The Kier molecular flexibility index (Phi) is 6.01. The monoisotopic (exact) mass is 403 g/mol. The van der Waals surface area contributed by atoms with Crippen LogP contribution in [-0.2, 0) is 0 Å². The molecule has 0 atom stereocenters. The smallest absolute Gasteiger partial charge is 0.253 e. The van der Waals surface area contributed by atoms with E-state index in [1.165, 1.54) is 0 Å². The number of carbonyl (C=O) groups excluding carboxylic acids is 1. The Morgan fingerprint density at radius 1 is 1.25 bits per heavy atom. The molecule has 0 aromatic heterocycles. The molecule has 6 heteroatoms. The lowest BCUT2D eigenvalue weighted by Gasteiger charge is -2.29. The van der Waals surface area contributed by atoms with E-state index >= 15 is 0 Å².